The molecule has 5 heteroatoms. The maximum Gasteiger partial charge on any atom is 0.274 e. The predicted octanol–water partition coefficient (Wildman–Crippen LogP) is 5.60. The Bertz CT molecular complexity index is 1370. The van der Waals surface area contributed by atoms with Crippen molar-refractivity contribution in [3.8, 4) is 22.4 Å². The highest BCUT2D eigenvalue weighted by molar-refractivity contribution is 6.30. The van der Waals surface area contributed by atoms with Crippen molar-refractivity contribution in [1.82, 2.24) is 14.6 Å². The second-order valence-corrected chi connectivity index (χ2v) is 7.58. The summed E-state index contributed by atoms with van der Waals surface area (Å²) in [5.74, 6) is 0. The Kier molecular flexibility index (Phi) is 4.69. The lowest BCUT2D eigenvalue weighted by molar-refractivity contribution is 0.866. The van der Waals surface area contributed by atoms with Crippen molar-refractivity contribution < 1.29 is 0 Å². The molecule has 2 heterocycles. The molecule has 0 spiro atoms. The number of benzene rings is 3. The number of hydrogen-bond donors (Lipinski definition) is 1. The summed E-state index contributed by atoms with van der Waals surface area (Å²) < 4.78 is 1.45. The Hall–Kier alpha value is -3.63. The Morgan fingerprint density at radius 3 is 2.20 bits per heavy atom. The summed E-state index contributed by atoms with van der Waals surface area (Å²) in [4.78, 5) is 16.4. The molecule has 2 aromatic heterocycles. The number of rotatable bonds is 4. The van der Waals surface area contributed by atoms with E-state index in [9.17, 15) is 4.79 Å². The van der Waals surface area contributed by atoms with Crippen LogP contribution in [0.3, 0.4) is 0 Å². The Morgan fingerprint density at radius 1 is 0.833 bits per heavy atom. The van der Waals surface area contributed by atoms with Gasteiger partial charge in [-0.1, -0.05) is 84.4 Å². The molecule has 0 aliphatic carbocycles. The standard InChI is InChI=1S/C25H18ClN3O/c26-20-13-11-19(12-14-20)24-22(15-17-7-3-1-4-8-17)28-29-23(30)16-21(27-25(24)29)18-9-5-2-6-10-18/h1-14,16,27H,15H2. The Labute approximate surface area is 178 Å². The summed E-state index contributed by atoms with van der Waals surface area (Å²) >= 11 is 6.11. The average Bonchev–Trinajstić information content (AvgIpc) is 3.14. The van der Waals surface area contributed by atoms with Crippen LogP contribution in [0.2, 0.25) is 5.02 Å². The van der Waals surface area contributed by atoms with Crippen LogP contribution in [0.4, 0.5) is 0 Å². The van der Waals surface area contributed by atoms with Crippen LogP contribution in [-0.2, 0) is 6.42 Å². The van der Waals surface area contributed by atoms with Crippen LogP contribution in [0.25, 0.3) is 28.0 Å². The number of nitrogens with one attached hydrogen (secondary N) is 1. The summed E-state index contributed by atoms with van der Waals surface area (Å²) in [7, 11) is 0. The minimum Gasteiger partial charge on any atom is -0.339 e. The fourth-order valence-electron chi connectivity index (χ4n) is 3.69. The van der Waals surface area contributed by atoms with Gasteiger partial charge in [0.2, 0.25) is 0 Å². The number of aromatic nitrogens is 3. The minimum atomic E-state index is -0.169. The molecule has 30 heavy (non-hydrogen) atoms. The summed E-state index contributed by atoms with van der Waals surface area (Å²) in [5.41, 5.74) is 6.05. The summed E-state index contributed by atoms with van der Waals surface area (Å²) in [6.45, 7) is 0. The summed E-state index contributed by atoms with van der Waals surface area (Å²) in [6, 6.07) is 29.2. The fourth-order valence-corrected chi connectivity index (χ4v) is 3.82. The maximum absolute atomic E-state index is 12.9. The highest BCUT2D eigenvalue weighted by atomic mass is 35.5. The highest BCUT2D eigenvalue weighted by Crippen LogP contribution is 2.30. The number of hydrogen-bond acceptors (Lipinski definition) is 2. The first-order chi connectivity index (χ1) is 14.7. The van der Waals surface area contributed by atoms with Crippen molar-refractivity contribution in [2.24, 2.45) is 0 Å². The monoisotopic (exact) mass is 411 g/mol. The first kappa shape index (κ1) is 18.4. The molecular weight excluding hydrogens is 394 g/mol. The van der Waals surface area contributed by atoms with Crippen LogP contribution in [0.1, 0.15) is 11.3 Å². The Morgan fingerprint density at radius 2 is 1.50 bits per heavy atom. The molecule has 4 nitrogen and oxygen atoms in total. The van der Waals surface area contributed by atoms with Gasteiger partial charge in [-0.3, -0.25) is 4.79 Å². The molecular formula is C25H18ClN3O. The molecule has 0 bridgehead atoms. The molecule has 0 amide bonds. The smallest absolute Gasteiger partial charge is 0.274 e. The second-order valence-electron chi connectivity index (χ2n) is 7.14. The van der Waals surface area contributed by atoms with Crippen LogP contribution in [0, 0.1) is 0 Å². The van der Waals surface area contributed by atoms with E-state index in [2.05, 4.69) is 22.2 Å². The van der Waals surface area contributed by atoms with Crippen molar-refractivity contribution in [2.75, 3.05) is 0 Å². The normalized spacial score (nSPS) is 11.1. The lowest BCUT2D eigenvalue weighted by Gasteiger charge is -2.06. The molecule has 0 aliphatic heterocycles. The van der Waals surface area contributed by atoms with Gasteiger partial charge in [0, 0.05) is 23.1 Å². The molecule has 3 aromatic carbocycles. The number of aromatic amines is 1. The van der Waals surface area contributed by atoms with E-state index < -0.39 is 0 Å². The second kappa shape index (κ2) is 7.65. The van der Waals surface area contributed by atoms with E-state index >= 15 is 0 Å². The quantitative estimate of drug-likeness (QED) is 0.418. The zero-order chi connectivity index (χ0) is 20.5. The molecule has 0 unspecified atom stereocenters. The molecule has 0 radical (unpaired) electrons. The van der Waals surface area contributed by atoms with E-state index in [1.54, 1.807) is 6.07 Å². The lowest BCUT2D eigenvalue weighted by atomic mass is 10.0. The highest BCUT2D eigenvalue weighted by Gasteiger charge is 2.18. The zero-order valence-corrected chi connectivity index (χ0v) is 16.8. The van der Waals surface area contributed by atoms with E-state index in [1.807, 2.05) is 72.8 Å². The van der Waals surface area contributed by atoms with Crippen molar-refractivity contribution in [2.45, 2.75) is 6.42 Å². The number of fused-ring (bicyclic) bond motifs is 1. The van der Waals surface area contributed by atoms with E-state index in [0.717, 1.165) is 33.6 Å². The van der Waals surface area contributed by atoms with E-state index in [0.29, 0.717) is 17.1 Å². The molecule has 146 valence electrons. The number of H-pyrrole nitrogens is 1. The van der Waals surface area contributed by atoms with Gasteiger partial charge in [0.05, 0.1) is 11.4 Å². The summed E-state index contributed by atoms with van der Waals surface area (Å²) in [5, 5.41) is 5.35. The van der Waals surface area contributed by atoms with Crippen LogP contribution in [-0.4, -0.2) is 14.6 Å². The molecule has 5 rings (SSSR count). The largest absolute Gasteiger partial charge is 0.339 e. The lowest BCUT2D eigenvalue weighted by Crippen LogP contribution is -2.14. The molecule has 0 saturated carbocycles. The van der Waals surface area contributed by atoms with Gasteiger partial charge in [0.25, 0.3) is 5.56 Å². The van der Waals surface area contributed by atoms with Gasteiger partial charge in [-0.25, -0.2) is 0 Å². The first-order valence-corrected chi connectivity index (χ1v) is 10.1. The third-order valence-corrected chi connectivity index (χ3v) is 5.37. The first-order valence-electron chi connectivity index (χ1n) is 9.69. The van der Waals surface area contributed by atoms with Gasteiger partial charge >= 0.3 is 0 Å². The SMILES string of the molecule is O=c1cc(-c2ccccc2)[nH]c2c(-c3ccc(Cl)cc3)c(Cc3ccccc3)nn12. The molecule has 1 N–H and O–H groups in total. The summed E-state index contributed by atoms with van der Waals surface area (Å²) in [6.07, 6.45) is 0.619. The van der Waals surface area contributed by atoms with Crippen molar-refractivity contribution in [3.05, 3.63) is 118 Å². The van der Waals surface area contributed by atoms with Gasteiger partial charge in [-0.2, -0.15) is 9.61 Å². The molecule has 0 atom stereocenters. The number of halogens is 1. The molecule has 0 saturated heterocycles. The van der Waals surface area contributed by atoms with Crippen LogP contribution >= 0.6 is 11.6 Å². The van der Waals surface area contributed by atoms with Crippen molar-refractivity contribution >= 4 is 17.2 Å². The van der Waals surface area contributed by atoms with E-state index in [4.69, 9.17) is 11.6 Å². The van der Waals surface area contributed by atoms with Gasteiger partial charge in [0.1, 0.15) is 5.65 Å². The topological polar surface area (TPSA) is 50.2 Å². The van der Waals surface area contributed by atoms with Crippen molar-refractivity contribution in [1.29, 1.82) is 0 Å². The van der Waals surface area contributed by atoms with Gasteiger partial charge in [-0.05, 0) is 28.8 Å². The zero-order valence-electron chi connectivity index (χ0n) is 16.0. The predicted molar refractivity (Wildman–Crippen MR) is 121 cm³/mol. The molecule has 0 fully saturated rings. The minimum absolute atomic E-state index is 0.169. The third kappa shape index (κ3) is 3.42. The van der Waals surface area contributed by atoms with E-state index in [1.165, 1.54) is 4.52 Å². The van der Waals surface area contributed by atoms with Gasteiger partial charge in [0.15, 0.2) is 0 Å². The average molecular weight is 412 g/mol. The molecule has 0 aliphatic rings. The van der Waals surface area contributed by atoms with Crippen LogP contribution < -0.4 is 5.56 Å². The number of nitrogens with zero attached hydrogens (tertiary/aromatic N) is 2. The Balaban J connectivity index is 1.76. The maximum atomic E-state index is 12.9. The fraction of sp³-hybridized carbons (Fsp3) is 0.0400. The van der Waals surface area contributed by atoms with Crippen LogP contribution in [0.5, 0.6) is 0 Å². The molecule has 5 aromatic rings. The van der Waals surface area contributed by atoms with Crippen LogP contribution in [0.15, 0.2) is 95.8 Å². The third-order valence-electron chi connectivity index (χ3n) is 5.12. The van der Waals surface area contributed by atoms with Gasteiger partial charge in [-0.15, -0.1) is 0 Å². The van der Waals surface area contributed by atoms with Gasteiger partial charge < -0.3 is 4.98 Å². The van der Waals surface area contributed by atoms with E-state index in [-0.39, 0.29) is 5.56 Å². The van der Waals surface area contributed by atoms with Crippen molar-refractivity contribution in [3.63, 3.8) is 0 Å².